The number of rotatable bonds is 6. The van der Waals surface area contributed by atoms with Gasteiger partial charge < -0.3 is 15.2 Å². The van der Waals surface area contributed by atoms with Gasteiger partial charge in [0.1, 0.15) is 5.82 Å². The van der Waals surface area contributed by atoms with Gasteiger partial charge in [-0.25, -0.2) is 4.39 Å². The molecule has 0 fully saturated rings. The van der Waals surface area contributed by atoms with E-state index < -0.39 is 17.5 Å². The third kappa shape index (κ3) is 3.44. The molecule has 0 aliphatic carbocycles. The molecule has 2 aromatic carbocycles. The van der Waals surface area contributed by atoms with Crippen LogP contribution in [-0.2, 0) is 4.79 Å². The summed E-state index contributed by atoms with van der Waals surface area (Å²) < 4.78 is 13.4. The van der Waals surface area contributed by atoms with Crippen molar-refractivity contribution in [1.82, 2.24) is 4.98 Å². The first-order valence-electron chi connectivity index (χ1n) is 8.50. The molecule has 0 radical (unpaired) electrons. The number of hydrogen-bond acceptors (Lipinski definition) is 3. The second-order valence-electron chi connectivity index (χ2n) is 5.89. The van der Waals surface area contributed by atoms with Crippen LogP contribution in [0.25, 0.3) is 10.9 Å². The highest BCUT2D eigenvalue weighted by Gasteiger charge is 2.20. The lowest BCUT2D eigenvalue weighted by Crippen LogP contribution is -2.23. The maximum absolute atomic E-state index is 13.4. The Bertz CT molecular complexity index is 943. The molecule has 1 amide bonds. The van der Waals surface area contributed by atoms with Crippen LogP contribution in [0.1, 0.15) is 24.2 Å². The fourth-order valence-corrected chi connectivity index (χ4v) is 2.94. The lowest BCUT2D eigenvalue weighted by Gasteiger charge is -2.21. The van der Waals surface area contributed by atoms with E-state index in [1.807, 2.05) is 12.1 Å². The van der Waals surface area contributed by atoms with Gasteiger partial charge in [0.25, 0.3) is 11.7 Å². The van der Waals surface area contributed by atoms with E-state index in [2.05, 4.69) is 29.0 Å². The molecule has 0 spiro atoms. The van der Waals surface area contributed by atoms with Crippen LogP contribution in [0, 0.1) is 5.82 Å². The predicted molar refractivity (Wildman–Crippen MR) is 101 cm³/mol. The van der Waals surface area contributed by atoms with Crippen LogP contribution < -0.4 is 10.2 Å². The number of fused-ring (bicyclic) bond motifs is 1. The quantitative estimate of drug-likeness (QED) is 0.520. The van der Waals surface area contributed by atoms with Crippen LogP contribution in [0.3, 0.4) is 0 Å². The number of carbonyl (C=O) groups excluding carboxylic acids is 2. The molecule has 0 saturated heterocycles. The first kappa shape index (κ1) is 17.7. The number of H-pyrrole nitrogens is 1. The summed E-state index contributed by atoms with van der Waals surface area (Å²) in [6.07, 6.45) is 1.43. The van der Waals surface area contributed by atoms with E-state index in [1.54, 1.807) is 12.1 Å². The lowest BCUT2D eigenvalue weighted by atomic mass is 10.1. The molecule has 1 heterocycles. The van der Waals surface area contributed by atoms with Gasteiger partial charge in [0.05, 0.1) is 5.56 Å². The monoisotopic (exact) mass is 353 g/mol. The average molecular weight is 353 g/mol. The highest BCUT2D eigenvalue weighted by Crippen LogP contribution is 2.21. The molecule has 5 nitrogen and oxygen atoms in total. The minimum absolute atomic E-state index is 0.150. The number of aromatic amines is 1. The SMILES string of the molecule is CCN(CC)c1ccc(NC(=O)C(=O)c2c[nH]c3ccc(F)cc23)cc1. The van der Waals surface area contributed by atoms with Crippen molar-refractivity contribution in [3.63, 3.8) is 0 Å². The van der Waals surface area contributed by atoms with Gasteiger partial charge >= 0.3 is 0 Å². The average Bonchev–Trinajstić information content (AvgIpc) is 3.06. The van der Waals surface area contributed by atoms with E-state index in [9.17, 15) is 14.0 Å². The van der Waals surface area contributed by atoms with Crippen LogP contribution in [0.4, 0.5) is 15.8 Å². The standard InChI is InChI=1S/C20H20FN3O2/c1-3-24(4-2)15-8-6-14(7-9-15)23-20(26)19(25)17-12-22-18-10-5-13(21)11-16(17)18/h5-12,22H,3-4H2,1-2H3,(H,23,26). The lowest BCUT2D eigenvalue weighted by molar-refractivity contribution is -0.112. The maximum atomic E-state index is 13.4. The molecule has 134 valence electrons. The van der Waals surface area contributed by atoms with Crippen molar-refractivity contribution < 1.29 is 14.0 Å². The Morgan fingerprint density at radius 2 is 1.77 bits per heavy atom. The number of aromatic nitrogens is 1. The van der Waals surface area contributed by atoms with Crippen molar-refractivity contribution in [2.24, 2.45) is 0 Å². The first-order chi connectivity index (χ1) is 12.5. The summed E-state index contributed by atoms with van der Waals surface area (Å²) in [5, 5.41) is 2.99. The summed E-state index contributed by atoms with van der Waals surface area (Å²) in [5.74, 6) is -1.93. The number of nitrogens with one attached hydrogen (secondary N) is 2. The van der Waals surface area contributed by atoms with Crippen LogP contribution in [0.15, 0.2) is 48.7 Å². The number of hydrogen-bond donors (Lipinski definition) is 2. The number of ketones is 1. The maximum Gasteiger partial charge on any atom is 0.296 e. The van der Waals surface area contributed by atoms with E-state index in [0.717, 1.165) is 18.8 Å². The van der Waals surface area contributed by atoms with Crippen molar-refractivity contribution in [3.05, 3.63) is 60.0 Å². The number of amides is 1. The fraction of sp³-hybridized carbons (Fsp3) is 0.200. The summed E-state index contributed by atoms with van der Waals surface area (Å²) in [4.78, 5) is 29.8. The number of Topliss-reactive ketones (excluding diaryl/α,β-unsaturated/α-hetero) is 1. The largest absolute Gasteiger partial charge is 0.372 e. The van der Waals surface area contributed by atoms with Gasteiger partial charge in [-0.2, -0.15) is 0 Å². The molecule has 0 bridgehead atoms. The van der Waals surface area contributed by atoms with Gasteiger partial charge in [0, 0.05) is 41.6 Å². The Labute approximate surface area is 150 Å². The van der Waals surface area contributed by atoms with Crippen molar-refractivity contribution >= 4 is 34.0 Å². The van der Waals surface area contributed by atoms with E-state index >= 15 is 0 Å². The van der Waals surface area contributed by atoms with E-state index in [4.69, 9.17) is 0 Å². The van der Waals surface area contributed by atoms with Gasteiger partial charge in [0.2, 0.25) is 0 Å². The third-order valence-electron chi connectivity index (χ3n) is 4.35. The van der Waals surface area contributed by atoms with Gasteiger partial charge in [-0.1, -0.05) is 0 Å². The second-order valence-corrected chi connectivity index (χ2v) is 5.89. The van der Waals surface area contributed by atoms with Crippen LogP contribution >= 0.6 is 0 Å². The molecular formula is C20H20FN3O2. The highest BCUT2D eigenvalue weighted by molar-refractivity contribution is 6.48. The Hall–Kier alpha value is -3.15. The molecule has 0 aliphatic rings. The Balaban J connectivity index is 1.77. The fourth-order valence-electron chi connectivity index (χ4n) is 2.94. The summed E-state index contributed by atoms with van der Waals surface area (Å²) >= 11 is 0. The Morgan fingerprint density at radius 3 is 2.42 bits per heavy atom. The summed E-state index contributed by atoms with van der Waals surface area (Å²) in [5.41, 5.74) is 2.33. The predicted octanol–water partition coefficient (Wildman–Crippen LogP) is 3.97. The number of carbonyl (C=O) groups is 2. The minimum Gasteiger partial charge on any atom is -0.372 e. The van der Waals surface area contributed by atoms with Crippen molar-refractivity contribution in [2.45, 2.75) is 13.8 Å². The highest BCUT2D eigenvalue weighted by atomic mass is 19.1. The van der Waals surface area contributed by atoms with E-state index in [1.165, 1.54) is 24.4 Å². The summed E-state index contributed by atoms with van der Waals surface area (Å²) in [6.45, 7) is 5.92. The van der Waals surface area contributed by atoms with Crippen molar-refractivity contribution in [1.29, 1.82) is 0 Å². The smallest absolute Gasteiger partial charge is 0.296 e. The molecule has 1 aromatic heterocycles. The molecule has 26 heavy (non-hydrogen) atoms. The zero-order valence-electron chi connectivity index (χ0n) is 14.7. The zero-order chi connectivity index (χ0) is 18.7. The summed E-state index contributed by atoms with van der Waals surface area (Å²) in [6, 6.07) is 11.4. The van der Waals surface area contributed by atoms with Crippen molar-refractivity contribution in [2.75, 3.05) is 23.3 Å². The summed E-state index contributed by atoms with van der Waals surface area (Å²) in [7, 11) is 0. The molecule has 6 heteroatoms. The van der Waals surface area contributed by atoms with E-state index in [0.29, 0.717) is 16.6 Å². The Morgan fingerprint density at radius 1 is 1.08 bits per heavy atom. The van der Waals surface area contributed by atoms with Crippen LogP contribution in [-0.4, -0.2) is 29.8 Å². The van der Waals surface area contributed by atoms with E-state index in [-0.39, 0.29) is 5.56 Å². The number of halogens is 1. The number of nitrogens with zero attached hydrogens (tertiary/aromatic N) is 1. The Kier molecular flexibility index (Phi) is 5.02. The van der Waals surface area contributed by atoms with Gasteiger partial charge in [0.15, 0.2) is 0 Å². The topological polar surface area (TPSA) is 65.2 Å². The first-order valence-corrected chi connectivity index (χ1v) is 8.50. The van der Waals surface area contributed by atoms with Gasteiger partial charge in [-0.3, -0.25) is 9.59 Å². The normalized spacial score (nSPS) is 10.7. The molecule has 0 atom stereocenters. The minimum atomic E-state index is -0.759. The zero-order valence-corrected chi connectivity index (χ0v) is 14.7. The van der Waals surface area contributed by atoms with Crippen LogP contribution in [0.2, 0.25) is 0 Å². The van der Waals surface area contributed by atoms with Gasteiger partial charge in [-0.05, 0) is 56.3 Å². The molecule has 0 unspecified atom stereocenters. The molecule has 0 aliphatic heterocycles. The molecule has 2 N–H and O–H groups in total. The molecule has 3 aromatic rings. The molecule has 3 rings (SSSR count). The third-order valence-corrected chi connectivity index (χ3v) is 4.35. The molecule has 0 saturated carbocycles. The second kappa shape index (κ2) is 7.39. The number of benzene rings is 2. The van der Waals surface area contributed by atoms with Gasteiger partial charge in [-0.15, -0.1) is 0 Å². The number of anilines is 2. The van der Waals surface area contributed by atoms with Crippen molar-refractivity contribution in [3.8, 4) is 0 Å². The van der Waals surface area contributed by atoms with Crippen LogP contribution in [0.5, 0.6) is 0 Å². The molecular weight excluding hydrogens is 333 g/mol.